The third-order valence-corrected chi connectivity index (χ3v) is 3.74. The zero-order valence-electron chi connectivity index (χ0n) is 14.1. The number of halogens is 1. The van der Waals surface area contributed by atoms with Crippen molar-refractivity contribution in [3.8, 4) is 5.75 Å². The molecule has 3 rings (SSSR count). The first-order chi connectivity index (χ1) is 11.5. The first kappa shape index (κ1) is 12.6. The second-order valence-corrected chi connectivity index (χ2v) is 5.38. The average Bonchev–Trinajstić information content (AvgIpc) is 2.60. The van der Waals surface area contributed by atoms with Gasteiger partial charge < -0.3 is 15.2 Å². The zero-order chi connectivity index (χ0) is 17.2. The zero-order valence-corrected chi connectivity index (χ0v) is 12.1. The topological polar surface area (TPSA) is 41.5 Å². The van der Waals surface area contributed by atoms with Gasteiger partial charge in [-0.05, 0) is 42.2 Å². The van der Waals surface area contributed by atoms with Crippen LogP contribution in [0.3, 0.4) is 0 Å². The number of rotatable bonds is 5. The van der Waals surface area contributed by atoms with Gasteiger partial charge in [0, 0.05) is 15.8 Å². The predicted octanol–water partition coefficient (Wildman–Crippen LogP) is 2.67. The molecule has 0 spiro atoms. The number of ether oxygens (including phenoxy) is 1. The lowest BCUT2D eigenvalue weighted by Gasteiger charge is -2.29. The maximum Gasteiger partial charge on any atom is 0.126 e. The molecule has 0 aromatic heterocycles. The molecule has 1 aliphatic rings. The Balaban J connectivity index is 1.64. The molecule has 0 saturated heterocycles. The van der Waals surface area contributed by atoms with Crippen LogP contribution in [0.2, 0.25) is 0 Å². The largest absolute Gasteiger partial charge is 0.487 e. The third-order valence-electron chi connectivity index (χ3n) is 3.74. The highest BCUT2D eigenvalue weighted by Crippen LogP contribution is 2.29. The van der Waals surface area contributed by atoms with Crippen molar-refractivity contribution in [2.75, 3.05) is 6.50 Å². The minimum absolute atomic E-state index is 0.305. The summed E-state index contributed by atoms with van der Waals surface area (Å²) < 4.78 is 35.1. The predicted molar refractivity (Wildman–Crippen MR) is 83.3 cm³/mol. The van der Waals surface area contributed by atoms with E-state index in [4.69, 9.17) is 7.48 Å². The molecule has 2 N–H and O–H groups in total. The maximum atomic E-state index is 13.2. The molecule has 0 bridgehead atoms. The molecule has 2 aromatic rings. The summed E-state index contributed by atoms with van der Waals surface area (Å²) in [4.78, 5) is 0. The van der Waals surface area contributed by atoms with Crippen molar-refractivity contribution >= 4 is 0 Å². The minimum Gasteiger partial charge on any atom is -0.487 e. The van der Waals surface area contributed by atoms with E-state index in [-0.39, 0.29) is 5.82 Å². The fourth-order valence-electron chi connectivity index (χ4n) is 2.55. The molecule has 2 atom stereocenters. The molecule has 0 aliphatic carbocycles. The summed E-state index contributed by atoms with van der Waals surface area (Å²) in [6.07, 6.45) is -1.03. The highest BCUT2D eigenvalue weighted by Gasteiger charge is 2.26. The first-order valence-electron chi connectivity index (χ1n) is 8.38. The van der Waals surface area contributed by atoms with E-state index in [1.165, 1.54) is 18.2 Å². The van der Waals surface area contributed by atoms with E-state index in [1.807, 2.05) is 30.3 Å². The van der Waals surface area contributed by atoms with Crippen LogP contribution in [0.1, 0.15) is 20.3 Å². The van der Waals surface area contributed by atoms with Crippen molar-refractivity contribution in [2.24, 2.45) is 0 Å². The van der Waals surface area contributed by atoms with E-state index < -0.39 is 18.7 Å². The third kappa shape index (κ3) is 3.64. The quantitative estimate of drug-likeness (QED) is 0.892. The molecule has 2 unspecified atom stereocenters. The second-order valence-electron chi connectivity index (χ2n) is 5.38. The summed E-state index contributed by atoms with van der Waals surface area (Å²) in [6.45, 7) is -1.70. The lowest BCUT2D eigenvalue weighted by atomic mass is 9.99. The fourth-order valence-corrected chi connectivity index (χ4v) is 2.55. The van der Waals surface area contributed by atoms with Gasteiger partial charge in [0.1, 0.15) is 23.8 Å². The Labute approximate surface area is 132 Å². The van der Waals surface area contributed by atoms with Crippen molar-refractivity contribution in [1.29, 1.82) is 0 Å². The van der Waals surface area contributed by atoms with Gasteiger partial charge in [-0.25, -0.2) is 4.39 Å². The molecule has 4 heteroatoms. The smallest absolute Gasteiger partial charge is 0.126 e. The molecule has 3 nitrogen and oxygen atoms in total. The van der Waals surface area contributed by atoms with Gasteiger partial charge in [-0.2, -0.15) is 0 Å². The molecule has 2 aromatic carbocycles. The highest BCUT2D eigenvalue weighted by molar-refractivity contribution is 5.36. The summed E-state index contributed by atoms with van der Waals surface area (Å²) in [5.74, 6) is 0.182. The Morgan fingerprint density at radius 1 is 1.32 bits per heavy atom. The Morgan fingerprint density at radius 3 is 2.95 bits per heavy atom. The molecule has 0 fully saturated rings. The number of aliphatic hydroxyl groups excluding tert-OH is 1. The van der Waals surface area contributed by atoms with Crippen molar-refractivity contribution in [3.63, 3.8) is 0 Å². The highest BCUT2D eigenvalue weighted by atomic mass is 19.1. The lowest BCUT2D eigenvalue weighted by Crippen LogP contribution is -2.41. The van der Waals surface area contributed by atoms with Gasteiger partial charge >= 0.3 is 0 Å². The van der Waals surface area contributed by atoms with E-state index >= 15 is 0 Å². The van der Waals surface area contributed by atoms with Crippen molar-refractivity contribution in [3.05, 3.63) is 65.5 Å². The summed E-state index contributed by atoms with van der Waals surface area (Å²) in [5.41, 5.74) is 1.68. The molecule has 0 amide bonds. The van der Waals surface area contributed by atoms with Crippen LogP contribution in [0.4, 0.5) is 4.39 Å². The number of fused-ring (bicyclic) bond motifs is 1. The average molecular weight is 303 g/mol. The summed E-state index contributed by atoms with van der Waals surface area (Å²) in [5, 5.41) is 13.2. The van der Waals surface area contributed by atoms with E-state index in [1.54, 1.807) is 0 Å². The minimum atomic E-state index is -2.00. The van der Waals surface area contributed by atoms with Crippen molar-refractivity contribution in [1.82, 2.24) is 5.32 Å². The molecule has 0 radical (unpaired) electrons. The number of nitrogens with one attached hydrogen (secondary N) is 1. The maximum absolute atomic E-state index is 13.2. The number of aliphatic hydroxyl groups is 1. The van der Waals surface area contributed by atoms with Crippen molar-refractivity contribution < 1.29 is 17.0 Å². The van der Waals surface area contributed by atoms with Crippen molar-refractivity contribution in [2.45, 2.75) is 31.6 Å². The van der Waals surface area contributed by atoms with Crippen LogP contribution >= 0.6 is 0 Å². The van der Waals surface area contributed by atoms with E-state index in [2.05, 4.69) is 5.32 Å². The Bertz CT molecular complexity index is 697. The second kappa shape index (κ2) is 6.90. The van der Waals surface area contributed by atoms with Crippen LogP contribution in [0, 0.1) is 5.82 Å². The van der Waals surface area contributed by atoms with Gasteiger partial charge in [-0.15, -0.1) is 0 Å². The molecule has 1 heterocycles. The molecule has 116 valence electrons. The van der Waals surface area contributed by atoms with E-state index in [0.29, 0.717) is 25.1 Å². The summed E-state index contributed by atoms with van der Waals surface area (Å²) >= 11 is 0. The Kier molecular flexibility index (Phi) is 3.96. The molecule has 22 heavy (non-hydrogen) atoms. The van der Waals surface area contributed by atoms with Crippen LogP contribution in [0.25, 0.3) is 0 Å². The summed E-state index contributed by atoms with van der Waals surface area (Å²) in [6, 6.07) is 13.7. The Hall–Kier alpha value is -1.91. The van der Waals surface area contributed by atoms with Gasteiger partial charge in [-0.3, -0.25) is 0 Å². The Morgan fingerprint density at radius 2 is 2.14 bits per heavy atom. The van der Waals surface area contributed by atoms with E-state index in [0.717, 1.165) is 11.1 Å². The van der Waals surface area contributed by atoms with Gasteiger partial charge in [0.2, 0.25) is 0 Å². The number of aryl methyl sites for hydroxylation is 1. The van der Waals surface area contributed by atoms with Crippen LogP contribution in [0.5, 0.6) is 5.75 Å². The first-order valence-corrected chi connectivity index (χ1v) is 7.38. The monoisotopic (exact) mass is 303 g/mol. The van der Waals surface area contributed by atoms with Crippen LogP contribution in [0.15, 0.2) is 48.5 Å². The lowest BCUT2D eigenvalue weighted by molar-refractivity contribution is 0.0243. The van der Waals surface area contributed by atoms with Gasteiger partial charge in [0.05, 0.1) is 0 Å². The number of benzene rings is 2. The van der Waals surface area contributed by atoms with Gasteiger partial charge in [-0.1, -0.05) is 30.3 Å². The number of hydrogen-bond donors (Lipinski definition) is 2. The van der Waals surface area contributed by atoms with Gasteiger partial charge in [0.15, 0.2) is 0 Å². The standard InChI is InChI=1S/C18H20FNO2/c19-15-7-9-17-14(10-15)6-8-18(22-17)16(21)12-20-11-13-4-2-1-3-5-13/h1-5,7,9-10,16,18,20-21H,6,8,11-12H2/i12D2. The van der Waals surface area contributed by atoms with Crippen LogP contribution < -0.4 is 10.1 Å². The van der Waals surface area contributed by atoms with Crippen LogP contribution in [-0.4, -0.2) is 23.8 Å². The van der Waals surface area contributed by atoms with E-state index in [9.17, 15) is 9.50 Å². The van der Waals surface area contributed by atoms with Crippen LogP contribution in [-0.2, 0) is 13.0 Å². The molecule has 1 aliphatic heterocycles. The number of hydrogen-bond acceptors (Lipinski definition) is 3. The normalized spacial score (nSPS) is 20.4. The SMILES string of the molecule is [2H]C([2H])(NCc1ccccc1)C(O)C1CCc2cc(F)ccc2O1. The molecule has 0 saturated carbocycles. The molecular formula is C18H20FNO2. The van der Waals surface area contributed by atoms with Gasteiger partial charge in [0.25, 0.3) is 0 Å². The molecular weight excluding hydrogens is 281 g/mol. The fraction of sp³-hybridized carbons (Fsp3) is 0.333. The summed E-state index contributed by atoms with van der Waals surface area (Å²) in [7, 11) is 0.